The molecule has 2 rings (SSSR count). The summed E-state index contributed by atoms with van der Waals surface area (Å²) in [6.45, 7) is 1.69. The molecule has 2 N–H and O–H groups in total. The molecular formula is C15H18N2O5. The number of aryl methyl sites for hydroxylation is 1. The van der Waals surface area contributed by atoms with Gasteiger partial charge >= 0.3 is 5.97 Å². The molecule has 1 aromatic rings. The molecule has 1 aliphatic rings. The number of nitrogens with one attached hydrogen (secondary N) is 1. The van der Waals surface area contributed by atoms with E-state index in [-0.39, 0.29) is 17.7 Å². The molecule has 0 radical (unpaired) electrons. The van der Waals surface area contributed by atoms with E-state index in [1.165, 1.54) is 18.2 Å². The molecule has 1 aliphatic carbocycles. The van der Waals surface area contributed by atoms with Crippen LogP contribution in [0.3, 0.4) is 0 Å². The predicted molar refractivity (Wildman–Crippen MR) is 78.8 cm³/mol. The number of carbonyl (C=O) groups excluding carboxylic acids is 1. The Hall–Kier alpha value is -2.44. The van der Waals surface area contributed by atoms with E-state index in [4.69, 9.17) is 5.11 Å². The molecule has 1 aromatic carbocycles. The second kappa shape index (κ2) is 6.13. The number of carboxylic acids is 1. The van der Waals surface area contributed by atoms with Crippen molar-refractivity contribution < 1.29 is 19.6 Å². The predicted octanol–water partition coefficient (Wildman–Crippen LogP) is 2.42. The SMILES string of the molecule is Cc1ccc([N+](=O)[O-])cc1C(=O)NC1(CC(=O)O)CCCC1. The summed E-state index contributed by atoms with van der Waals surface area (Å²) in [6.07, 6.45) is 2.81. The van der Waals surface area contributed by atoms with Crippen molar-refractivity contribution in [1.29, 1.82) is 0 Å². The molecule has 1 amide bonds. The molecular weight excluding hydrogens is 288 g/mol. The molecule has 1 saturated carbocycles. The van der Waals surface area contributed by atoms with E-state index in [1.807, 2.05) is 0 Å². The van der Waals surface area contributed by atoms with Gasteiger partial charge in [0.25, 0.3) is 11.6 Å². The number of aliphatic carboxylic acids is 1. The molecule has 7 heteroatoms. The van der Waals surface area contributed by atoms with E-state index in [0.29, 0.717) is 18.4 Å². The highest BCUT2D eigenvalue weighted by atomic mass is 16.6. The van der Waals surface area contributed by atoms with Gasteiger partial charge in [-0.15, -0.1) is 0 Å². The van der Waals surface area contributed by atoms with Crippen molar-refractivity contribution in [2.45, 2.75) is 44.6 Å². The van der Waals surface area contributed by atoms with Crippen molar-refractivity contribution in [3.05, 3.63) is 39.4 Å². The second-order valence-electron chi connectivity index (χ2n) is 5.77. The van der Waals surface area contributed by atoms with Crippen LogP contribution >= 0.6 is 0 Å². The molecule has 0 heterocycles. The number of amides is 1. The van der Waals surface area contributed by atoms with Crippen LogP contribution in [0.1, 0.15) is 48.0 Å². The number of non-ortho nitro benzene ring substituents is 1. The summed E-state index contributed by atoms with van der Waals surface area (Å²) in [6, 6.07) is 4.09. The first kappa shape index (κ1) is 15.9. The van der Waals surface area contributed by atoms with Crippen molar-refractivity contribution >= 4 is 17.6 Å². The summed E-state index contributed by atoms with van der Waals surface area (Å²) in [5.74, 6) is -1.41. The fourth-order valence-electron chi connectivity index (χ4n) is 2.96. The number of nitro benzene ring substituents is 1. The van der Waals surface area contributed by atoms with Crippen LogP contribution in [0.25, 0.3) is 0 Å². The summed E-state index contributed by atoms with van der Waals surface area (Å²) < 4.78 is 0. The van der Waals surface area contributed by atoms with Crippen molar-refractivity contribution in [2.24, 2.45) is 0 Å². The van der Waals surface area contributed by atoms with Crippen LogP contribution in [0.5, 0.6) is 0 Å². The van der Waals surface area contributed by atoms with Crippen molar-refractivity contribution in [3.8, 4) is 0 Å². The van der Waals surface area contributed by atoms with Crippen LogP contribution in [0.4, 0.5) is 5.69 Å². The first-order chi connectivity index (χ1) is 10.3. The topological polar surface area (TPSA) is 110 Å². The standard InChI is InChI=1S/C15H18N2O5/c1-10-4-5-11(17(21)22)8-12(10)14(20)16-15(9-13(18)19)6-2-3-7-15/h4-5,8H,2-3,6-7,9H2,1H3,(H,16,20)(H,18,19). The Morgan fingerprint density at radius 2 is 2.00 bits per heavy atom. The Balaban J connectivity index is 2.25. The highest BCUT2D eigenvalue weighted by Crippen LogP contribution is 2.33. The minimum Gasteiger partial charge on any atom is -0.481 e. The van der Waals surface area contributed by atoms with Gasteiger partial charge in [0.2, 0.25) is 0 Å². The van der Waals surface area contributed by atoms with Crippen LogP contribution < -0.4 is 5.32 Å². The number of hydrogen-bond donors (Lipinski definition) is 2. The van der Waals surface area contributed by atoms with Crippen molar-refractivity contribution in [1.82, 2.24) is 5.32 Å². The van der Waals surface area contributed by atoms with Crippen molar-refractivity contribution in [3.63, 3.8) is 0 Å². The lowest BCUT2D eigenvalue weighted by atomic mass is 9.92. The number of rotatable bonds is 5. The minimum atomic E-state index is -0.960. The Kier molecular flexibility index (Phi) is 4.44. The number of carbonyl (C=O) groups is 2. The maximum absolute atomic E-state index is 12.5. The first-order valence-electron chi connectivity index (χ1n) is 7.12. The lowest BCUT2D eigenvalue weighted by molar-refractivity contribution is -0.384. The number of nitro groups is 1. The van der Waals surface area contributed by atoms with E-state index in [1.54, 1.807) is 6.92 Å². The zero-order valence-electron chi connectivity index (χ0n) is 12.3. The summed E-state index contributed by atoms with van der Waals surface area (Å²) in [4.78, 5) is 33.8. The lowest BCUT2D eigenvalue weighted by Gasteiger charge is -2.29. The zero-order chi connectivity index (χ0) is 16.3. The van der Waals surface area contributed by atoms with E-state index in [9.17, 15) is 19.7 Å². The maximum atomic E-state index is 12.5. The van der Waals surface area contributed by atoms with Gasteiger partial charge in [-0.05, 0) is 25.3 Å². The normalized spacial score (nSPS) is 16.2. The summed E-state index contributed by atoms with van der Waals surface area (Å²) >= 11 is 0. The Labute approximate surface area is 127 Å². The molecule has 0 aliphatic heterocycles. The van der Waals surface area contributed by atoms with Gasteiger partial charge in [-0.3, -0.25) is 19.7 Å². The molecule has 7 nitrogen and oxygen atoms in total. The number of nitrogens with zero attached hydrogens (tertiary/aromatic N) is 1. The van der Waals surface area contributed by atoms with Gasteiger partial charge in [0.05, 0.1) is 16.9 Å². The molecule has 0 spiro atoms. The number of carboxylic acid groups (broad SMARTS) is 1. The summed E-state index contributed by atoms with van der Waals surface area (Å²) in [5.41, 5.74) is -0.0770. The van der Waals surface area contributed by atoms with Crippen LogP contribution in [0, 0.1) is 17.0 Å². The summed E-state index contributed by atoms with van der Waals surface area (Å²) in [7, 11) is 0. The Bertz CT molecular complexity index is 620. The highest BCUT2D eigenvalue weighted by molar-refractivity contribution is 5.97. The average molecular weight is 306 g/mol. The van der Waals surface area contributed by atoms with E-state index in [2.05, 4.69) is 5.32 Å². The number of hydrogen-bond acceptors (Lipinski definition) is 4. The third-order valence-corrected chi connectivity index (χ3v) is 4.11. The first-order valence-corrected chi connectivity index (χ1v) is 7.12. The lowest BCUT2D eigenvalue weighted by Crippen LogP contribution is -2.48. The van der Waals surface area contributed by atoms with E-state index >= 15 is 0 Å². The van der Waals surface area contributed by atoms with Crippen LogP contribution in [-0.4, -0.2) is 27.4 Å². The fraction of sp³-hybridized carbons (Fsp3) is 0.467. The largest absolute Gasteiger partial charge is 0.481 e. The summed E-state index contributed by atoms with van der Waals surface area (Å²) in [5, 5.41) is 22.7. The molecule has 0 bridgehead atoms. The highest BCUT2D eigenvalue weighted by Gasteiger charge is 2.37. The van der Waals surface area contributed by atoms with Crippen molar-refractivity contribution in [2.75, 3.05) is 0 Å². The molecule has 118 valence electrons. The monoisotopic (exact) mass is 306 g/mol. The van der Waals surface area contributed by atoms with Crippen LogP contribution in [-0.2, 0) is 4.79 Å². The molecule has 0 saturated heterocycles. The van der Waals surface area contributed by atoms with Gasteiger partial charge in [0, 0.05) is 17.7 Å². The average Bonchev–Trinajstić information content (AvgIpc) is 2.85. The van der Waals surface area contributed by atoms with E-state index in [0.717, 1.165) is 12.8 Å². The Morgan fingerprint density at radius 3 is 2.55 bits per heavy atom. The van der Waals surface area contributed by atoms with Gasteiger partial charge in [-0.25, -0.2) is 0 Å². The van der Waals surface area contributed by atoms with Gasteiger partial charge in [0.15, 0.2) is 0 Å². The van der Waals surface area contributed by atoms with Crippen LogP contribution in [0.15, 0.2) is 18.2 Å². The molecule has 1 fully saturated rings. The Morgan fingerprint density at radius 1 is 1.36 bits per heavy atom. The maximum Gasteiger partial charge on any atom is 0.305 e. The zero-order valence-corrected chi connectivity index (χ0v) is 12.3. The number of benzene rings is 1. The molecule has 0 unspecified atom stereocenters. The molecule has 22 heavy (non-hydrogen) atoms. The van der Waals surface area contributed by atoms with Gasteiger partial charge < -0.3 is 10.4 Å². The minimum absolute atomic E-state index is 0.132. The molecule has 0 aromatic heterocycles. The van der Waals surface area contributed by atoms with Gasteiger partial charge in [0.1, 0.15) is 0 Å². The molecule has 0 atom stereocenters. The fourth-order valence-corrected chi connectivity index (χ4v) is 2.96. The van der Waals surface area contributed by atoms with Crippen LogP contribution in [0.2, 0.25) is 0 Å². The second-order valence-corrected chi connectivity index (χ2v) is 5.77. The third-order valence-electron chi connectivity index (χ3n) is 4.11. The van der Waals surface area contributed by atoms with E-state index < -0.39 is 22.3 Å². The third kappa shape index (κ3) is 3.41. The smallest absolute Gasteiger partial charge is 0.305 e. The van der Waals surface area contributed by atoms with Gasteiger partial charge in [-0.1, -0.05) is 18.9 Å². The quantitative estimate of drug-likeness (QED) is 0.641. The van der Waals surface area contributed by atoms with Gasteiger partial charge in [-0.2, -0.15) is 0 Å².